The second-order valence-corrected chi connectivity index (χ2v) is 6.93. The number of carbonyl (C=O) groups is 1. The van der Waals surface area contributed by atoms with Crippen LogP contribution in [0.5, 0.6) is 5.88 Å². The van der Waals surface area contributed by atoms with Gasteiger partial charge in [0.05, 0.1) is 19.3 Å². The summed E-state index contributed by atoms with van der Waals surface area (Å²) in [5, 5.41) is 3.13. The van der Waals surface area contributed by atoms with Gasteiger partial charge in [-0.05, 0) is 43.4 Å². The van der Waals surface area contributed by atoms with E-state index < -0.39 is 0 Å². The van der Waals surface area contributed by atoms with Gasteiger partial charge in [0, 0.05) is 38.0 Å². The number of methoxy groups -OCH3 is 1. The van der Waals surface area contributed by atoms with Crippen LogP contribution in [0.25, 0.3) is 0 Å². The molecule has 0 bridgehead atoms. The van der Waals surface area contributed by atoms with Crippen molar-refractivity contribution in [3.8, 4) is 5.88 Å². The predicted octanol–water partition coefficient (Wildman–Crippen LogP) is 4.55. The standard InChI is InChI=1S/C23H33N3O3/c1-5-13-26(14-6-2)20-16-21(24-3)25-22(17-20)29-15-7-8-18-9-11-19(12-10-18)23(27)28-4/h9-12,16-17H,5-8,13-15H2,1-4H3,(H,24,25). The highest BCUT2D eigenvalue weighted by Gasteiger charge is 2.10. The van der Waals surface area contributed by atoms with Crippen LogP contribution in [0, 0.1) is 0 Å². The number of benzene rings is 1. The zero-order chi connectivity index (χ0) is 21.1. The minimum atomic E-state index is -0.314. The number of nitrogens with one attached hydrogen (secondary N) is 1. The molecule has 0 amide bonds. The average molecular weight is 400 g/mol. The Bertz CT molecular complexity index is 756. The van der Waals surface area contributed by atoms with E-state index in [2.05, 4.69) is 35.1 Å². The molecule has 0 spiro atoms. The van der Waals surface area contributed by atoms with Crippen LogP contribution in [-0.2, 0) is 11.2 Å². The number of nitrogens with zero attached hydrogens (tertiary/aromatic N) is 2. The number of hydrogen-bond donors (Lipinski definition) is 1. The van der Waals surface area contributed by atoms with Crippen molar-refractivity contribution < 1.29 is 14.3 Å². The minimum Gasteiger partial charge on any atom is -0.478 e. The lowest BCUT2D eigenvalue weighted by molar-refractivity contribution is 0.0600. The Hall–Kier alpha value is -2.76. The number of esters is 1. The van der Waals surface area contributed by atoms with Gasteiger partial charge in [0.25, 0.3) is 0 Å². The molecule has 1 heterocycles. The van der Waals surface area contributed by atoms with E-state index in [4.69, 9.17) is 9.47 Å². The van der Waals surface area contributed by atoms with Crippen LogP contribution in [-0.4, -0.2) is 44.8 Å². The van der Waals surface area contributed by atoms with E-state index in [1.165, 1.54) is 7.11 Å². The van der Waals surface area contributed by atoms with Gasteiger partial charge in [-0.1, -0.05) is 26.0 Å². The van der Waals surface area contributed by atoms with Crippen molar-refractivity contribution in [2.75, 3.05) is 44.1 Å². The van der Waals surface area contributed by atoms with Crippen molar-refractivity contribution in [1.29, 1.82) is 0 Å². The first kappa shape index (κ1) is 22.5. The van der Waals surface area contributed by atoms with Crippen molar-refractivity contribution in [2.45, 2.75) is 39.5 Å². The summed E-state index contributed by atoms with van der Waals surface area (Å²) in [5.74, 6) is 1.14. The maximum absolute atomic E-state index is 11.5. The molecule has 1 aromatic heterocycles. The van der Waals surface area contributed by atoms with Gasteiger partial charge < -0.3 is 19.7 Å². The van der Waals surface area contributed by atoms with Crippen LogP contribution in [0.4, 0.5) is 11.5 Å². The maximum Gasteiger partial charge on any atom is 0.337 e. The van der Waals surface area contributed by atoms with E-state index in [0.29, 0.717) is 18.1 Å². The van der Waals surface area contributed by atoms with Crippen molar-refractivity contribution in [1.82, 2.24) is 4.98 Å². The van der Waals surface area contributed by atoms with E-state index in [-0.39, 0.29) is 5.97 Å². The third-order valence-electron chi connectivity index (χ3n) is 4.63. The summed E-state index contributed by atoms with van der Waals surface area (Å²) in [4.78, 5) is 18.4. The van der Waals surface area contributed by atoms with Gasteiger partial charge in [0.2, 0.25) is 5.88 Å². The van der Waals surface area contributed by atoms with Gasteiger partial charge in [0.15, 0.2) is 0 Å². The van der Waals surface area contributed by atoms with Crippen LogP contribution in [0.2, 0.25) is 0 Å². The molecule has 29 heavy (non-hydrogen) atoms. The molecule has 0 aliphatic heterocycles. The van der Waals surface area contributed by atoms with E-state index in [1.807, 2.05) is 25.2 Å². The maximum atomic E-state index is 11.5. The monoisotopic (exact) mass is 399 g/mol. The molecule has 2 aromatic rings. The average Bonchev–Trinajstić information content (AvgIpc) is 2.76. The molecule has 0 atom stereocenters. The first-order valence-corrected chi connectivity index (χ1v) is 10.4. The highest BCUT2D eigenvalue weighted by atomic mass is 16.5. The first-order chi connectivity index (χ1) is 14.1. The summed E-state index contributed by atoms with van der Waals surface area (Å²) in [5.41, 5.74) is 2.87. The van der Waals surface area contributed by atoms with Gasteiger partial charge in [-0.2, -0.15) is 4.98 Å². The molecule has 158 valence electrons. The van der Waals surface area contributed by atoms with Gasteiger partial charge in [0.1, 0.15) is 5.82 Å². The molecule has 0 saturated carbocycles. The topological polar surface area (TPSA) is 63.7 Å². The Balaban J connectivity index is 1.94. The number of carbonyl (C=O) groups excluding carboxylic acids is 1. The van der Waals surface area contributed by atoms with Crippen molar-refractivity contribution >= 4 is 17.5 Å². The summed E-state index contributed by atoms with van der Waals surface area (Å²) in [6, 6.07) is 11.6. The zero-order valence-corrected chi connectivity index (χ0v) is 18.0. The molecule has 1 N–H and O–H groups in total. The van der Waals surface area contributed by atoms with Crippen molar-refractivity contribution in [3.05, 3.63) is 47.5 Å². The number of hydrogen-bond acceptors (Lipinski definition) is 6. The van der Waals surface area contributed by atoms with Crippen molar-refractivity contribution in [2.24, 2.45) is 0 Å². The number of rotatable bonds is 12. The van der Waals surface area contributed by atoms with Crippen LogP contribution in [0.15, 0.2) is 36.4 Å². The summed E-state index contributed by atoms with van der Waals surface area (Å²) in [7, 11) is 3.26. The second-order valence-electron chi connectivity index (χ2n) is 6.93. The third-order valence-corrected chi connectivity index (χ3v) is 4.63. The van der Waals surface area contributed by atoms with Crippen LogP contribution in [0.1, 0.15) is 49.0 Å². The number of pyridine rings is 1. The fourth-order valence-electron chi connectivity index (χ4n) is 3.16. The summed E-state index contributed by atoms with van der Waals surface area (Å²) < 4.78 is 10.7. The summed E-state index contributed by atoms with van der Waals surface area (Å²) in [6.45, 7) is 7.00. The SMILES string of the molecule is CCCN(CCC)c1cc(NC)nc(OCCCc2ccc(C(=O)OC)cc2)c1. The highest BCUT2D eigenvalue weighted by Crippen LogP contribution is 2.24. The minimum absolute atomic E-state index is 0.314. The van der Waals surface area contributed by atoms with E-state index in [0.717, 1.165) is 55.8 Å². The smallest absolute Gasteiger partial charge is 0.337 e. The predicted molar refractivity (Wildman–Crippen MR) is 118 cm³/mol. The zero-order valence-electron chi connectivity index (χ0n) is 18.0. The molecule has 1 aromatic carbocycles. The number of aryl methyl sites for hydroxylation is 1. The molecular weight excluding hydrogens is 366 g/mol. The van der Waals surface area contributed by atoms with Crippen LogP contribution < -0.4 is 15.0 Å². The van der Waals surface area contributed by atoms with Crippen LogP contribution >= 0.6 is 0 Å². The molecule has 0 aliphatic carbocycles. The van der Waals surface area contributed by atoms with Gasteiger partial charge >= 0.3 is 5.97 Å². The van der Waals surface area contributed by atoms with Crippen LogP contribution in [0.3, 0.4) is 0 Å². The summed E-state index contributed by atoms with van der Waals surface area (Å²) >= 11 is 0. The van der Waals surface area contributed by atoms with Gasteiger partial charge in [-0.3, -0.25) is 0 Å². The number of anilines is 2. The lowest BCUT2D eigenvalue weighted by Crippen LogP contribution is -2.25. The third kappa shape index (κ3) is 6.97. The fourth-order valence-corrected chi connectivity index (χ4v) is 3.16. The molecule has 0 aliphatic rings. The Morgan fingerprint density at radius 3 is 2.38 bits per heavy atom. The molecule has 0 radical (unpaired) electrons. The molecule has 0 unspecified atom stereocenters. The normalized spacial score (nSPS) is 10.5. The van der Waals surface area contributed by atoms with Crippen molar-refractivity contribution in [3.63, 3.8) is 0 Å². The van der Waals surface area contributed by atoms with Gasteiger partial charge in [-0.15, -0.1) is 0 Å². The second kappa shape index (κ2) is 11.9. The Labute approximate surface area is 174 Å². The number of ether oxygens (including phenoxy) is 2. The largest absolute Gasteiger partial charge is 0.478 e. The Kier molecular flexibility index (Phi) is 9.28. The molecule has 6 nitrogen and oxygen atoms in total. The van der Waals surface area contributed by atoms with Gasteiger partial charge in [-0.25, -0.2) is 4.79 Å². The quantitative estimate of drug-likeness (QED) is 0.417. The van der Waals surface area contributed by atoms with E-state index >= 15 is 0 Å². The van der Waals surface area contributed by atoms with E-state index in [9.17, 15) is 4.79 Å². The Morgan fingerprint density at radius 2 is 1.79 bits per heavy atom. The molecule has 2 rings (SSSR count). The lowest BCUT2D eigenvalue weighted by atomic mass is 10.1. The number of aromatic nitrogens is 1. The Morgan fingerprint density at radius 1 is 1.10 bits per heavy atom. The molecule has 0 fully saturated rings. The molecule has 0 saturated heterocycles. The summed E-state index contributed by atoms with van der Waals surface area (Å²) in [6.07, 6.45) is 3.94. The molecule has 6 heteroatoms. The molecular formula is C23H33N3O3. The van der Waals surface area contributed by atoms with E-state index in [1.54, 1.807) is 12.1 Å². The lowest BCUT2D eigenvalue weighted by Gasteiger charge is -2.24. The fraction of sp³-hybridized carbons (Fsp3) is 0.478. The highest BCUT2D eigenvalue weighted by molar-refractivity contribution is 5.89. The first-order valence-electron chi connectivity index (χ1n) is 10.4.